The Hall–Kier alpha value is -1.08. The second-order valence-corrected chi connectivity index (χ2v) is 6.36. The van der Waals surface area contributed by atoms with Gasteiger partial charge in [0, 0.05) is 13.7 Å². The first-order chi connectivity index (χ1) is 9.54. The van der Waals surface area contributed by atoms with Crippen LogP contribution in [-0.4, -0.2) is 12.5 Å². The minimum absolute atomic E-state index is 0.00740. The molecule has 0 bridgehead atoms. The van der Waals surface area contributed by atoms with Crippen LogP contribution < -0.4 is 10.1 Å². The maximum Gasteiger partial charge on any atom is 0.262 e. The molecule has 1 N–H and O–H groups in total. The van der Waals surface area contributed by atoms with Crippen molar-refractivity contribution in [2.75, 3.05) is 11.9 Å². The van der Waals surface area contributed by atoms with Gasteiger partial charge >= 0.3 is 0 Å². The molecule has 1 amide bonds. The average Bonchev–Trinajstić information content (AvgIpc) is 2.40. The summed E-state index contributed by atoms with van der Waals surface area (Å²) < 4.78 is 7.57. The summed E-state index contributed by atoms with van der Waals surface area (Å²) in [6, 6.07) is 13.3. The zero-order chi connectivity index (χ0) is 14.5. The van der Waals surface area contributed by atoms with Gasteiger partial charge in [0.25, 0.3) is 5.91 Å². The molecule has 0 atom stereocenters. The number of anilines is 1. The van der Waals surface area contributed by atoms with Gasteiger partial charge in [-0.3, -0.25) is 4.79 Å². The summed E-state index contributed by atoms with van der Waals surface area (Å²) in [5, 5.41) is 2.80. The number of ether oxygens (including phenoxy) is 1. The number of amides is 1. The molecular weight excluding hydrogens is 433 g/mol. The lowest BCUT2D eigenvalue weighted by Crippen LogP contribution is -2.20. The molecule has 0 heterocycles. The number of carbonyl (C=O) groups excluding carboxylic acids is 1. The number of nitrogens with one attached hydrogen (secondary N) is 1. The molecule has 0 unspecified atom stereocenters. The highest BCUT2D eigenvalue weighted by Crippen LogP contribution is 2.21. The molecule has 104 valence electrons. The monoisotopic (exact) mass is 445 g/mol. The van der Waals surface area contributed by atoms with Gasteiger partial charge in [-0.05, 0) is 71.5 Å². The Balaban J connectivity index is 1.90. The van der Waals surface area contributed by atoms with E-state index in [1.807, 2.05) is 49.4 Å². The van der Waals surface area contributed by atoms with Gasteiger partial charge in [-0.25, -0.2) is 0 Å². The molecule has 5 heteroatoms. The highest BCUT2D eigenvalue weighted by atomic mass is 127. The molecule has 0 radical (unpaired) electrons. The van der Waals surface area contributed by atoms with Gasteiger partial charge in [0.1, 0.15) is 5.75 Å². The van der Waals surface area contributed by atoms with Crippen molar-refractivity contribution in [2.24, 2.45) is 0 Å². The number of hydrogen-bond acceptors (Lipinski definition) is 2. The zero-order valence-corrected chi connectivity index (χ0v) is 14.6. The Kier molecular flexibility index (Phi) is 5.42. The summed E-state index contributed by atoms with van der Waals surface area (Å²) in [6.45, 7) is 1.97. The third-order valence-electron chi connectivity index (χ3n) is 2.61. The fourth-order valence-corrected chi connectivity index (χ4v) is 2.41. The number of aryl methyl sites for hydroxylation is 1. The van der Waals surface area contributed by atoms with Gasteiger partial charge in [-0.2, -0.15) is 0 Å². The van der Waals surface area contributed by atoms with E-state index in [4.69, 9.17) is 4.74 Å². The molecule has 0 aliphatic heterocycles. The Morgan fingerprint density at radius 1 is 1.30 bits per heavy atom. The first kappa shape index (κ1) is 15.3. The van der Waals surface area contributed by atoms with Crippen molar-refractivity contribution in [3.8, 4) is 5.75 Å². The summed E-state index contributed by atoms with van der Waals surface area (Å²) in [5.74, 6) is 0.510. The van der Waals surface area contributed by atoms with Crippen molar-refractivity contribution in [1.29, 1.82) is 0 Å². The number of halogens is 2. The minimum Gasteiger partial charge on any atom is -0.484 e. The fraction of sp³-hybridized carbons (Fsp3) is 0.133. The molecule has 20 heavy (non-hydrogen) atoms. The van der Waals surface area contributed by atoms with Crippen molar-refractivity contribution < 1.29 is 9.53 Å². The van der Waals surface area contributed by atoms with Crippen LogP contribution in [0.4, 0.5) is 5.69 Å². The van der Waals surface area contributed by atoms with Gasteiger partial charge in [-0.15, -0.1) is 0 Å². The third kappa shape index (κ3) is 4.49. The number of hydrogen-bond donors (Lipinski definition) is 1. The summed E-state index contributed by atoms with van der Waals surface area (Å²) in [6.07, 6.45) is 0. The maximum atomic E-state index is 11.8. The van der Waals surface area contributed by atoms with E-state index in [0.717, 1.165) is 19.3 Å². The normalized spacial score (nSPS) is 10.2. The lowest BCUT2D eigenvalue weighted by atomic mass is 10.2. The number of rotatable bonds is 4. The average molecular weight is 446 g/mol. The number of benzene rings is 2. The zero-order valence-electron chi connectivity index (χ0n) is 10.8. The highest BCUT2D eigenvalue weighted by Gasteiger charge is 2.05. The molecule has 0 fully saturated rings. The maximum absolute atomic E-state index is 11.8. The fourth-order valence-electron chi connectivity index (χ4n) is 1.62. The van der Waals surface area contributed by atoms with E-state index in [-0.39, 0.29) is 12.5 Å². The summed E-state index contributed by atoms with van der Waals surface area (Å²) in [4.78, 5) is 11.8. The smallest absolute Gasteiger partial charge is 0.262 e. The van der Waals surface area contributed by atoms with E-state index >= 15 is 0 Å². The summed E-state index contributed by atoms with van der Waals surface area (Å²) in [7, 11) is 0. The van der Waals surface area contributed by atoms with Crippen LogP contribution in [0.5, 0.6) is 5.75 Å². The second kappa shape index (κ2) is 7.08. The molecule has 2 aromatic carbocycles. The van der Waals surface area contributed by atoms with Crippen LogP contribution in [0.2, 0.25) is 0 Å². The second-order valence-electron chi connectivity index (χ2n) is 4.26. The van der Waals surface area contributed by atoms with Crippen LogP contribution in [0.3, 0.4) is 0 Å². The van der Waals surface area contributed by atoms with E-state index < -0.39 is 0 Å². The van der Waals surface area contributed by atoms with Crippen LogP contribution in [0.1, 0.15) is 5.56 Å². The van der Waals surface area contributed by atoms with E-state index in [1.165, 1.54) is 0 Å². The first-order valence-corrected chi connectivity index (χ1v) is 7.86. The van der Waals surface area contributed by atoms with Crippen molar-refractivity contribution in [2.45, 2.75) is 6.92 Å². The first-order valence-electron chi connectivity index (χ1n) is 5.99. The van der Waals surface area contributed by atoms with Crippen LogP contribution in [0.25, 0.3) is 0 Å². The minimum atomic E-state index is -0.174. The van der Waals surface area contributed by atoms with Crippen LogP contribution in [-0.2, 0) is 4.79 Å². The Labute approximate surface area is 140 Å². The predicted octanol–water partition coefficient (Wildman–Crippen LogP) is 4.38. The molecule has 0 aliphatic carbocycles. The molecule has 0 aliphatic rings. The highest BCUT2D eigenvalue weighted by molar-refractivity contribution is 14.1. The van der Waals surface area contributed by atoms with Crippen LogP contribution >= 0.6 is 38.5 Å². The van der Waals surface area contributed by atoms with E-state index in [9.17, 15) is 4.79 Å². The van der Waals surface area contributed by atoms with E-state index in [0.29, 0.717) is 5.75 Å². The molecule has 2 aromatic rings. The van der Waals surface area contributed by atoms with Crippen molar-refractivity contribution >= 4 is 50.1 Å². The van der Waals surface area contributed by atoms with Gasteiger partial charge in [0.2, 0.25) is 0 Å². The summed E-state index contributed by atoms with van der Waals surface area (Å²) >= 11 is 5.63. The topological polar surface area (TPSA) is 38.3 Å². The van der Waals surface area contributed by atoms with E-state index in [2.05, 4.69) is 43.8 Å². The lowest BCUT2D eigenvalue weighted by Gasteiger charge is -2.09. The molecule has 0 aromatic heterocycles. The molecule has 3 nitrogen and oxygen atoms in total. The quantitative estimate of drug-likeness (QED) is 0.709. The van der Waals surface area contributed by atoms with Crippen LogP contribution in [0, 0.1) is 10.5 Å². The van der Waals surface area contributed by atoms with Crippen molar-refractivity contribution in [1.82, 2.24) is 0 Å². The van der Waals surface area contributed by atoms with Gasteiger partial charge in [-0.1, -0.05) is 22.0 Å². The number of carbonyl (C=O) groups is 1. The summed E-state index contributed by atoms with van der Waals surface area (Å²) in [5.41, 5.74) is 1.85. The van der Waals surface area contributed by atoms with E-state index in [1.54, 1.807) is 0 Å². The predicted molar refractivity (Wildman–Crippen MR) is 92.2 cm³/mol. The van der Waals surface area contributed by atoms with Crippen molar-refractivity contribution in [3.63, 3.8) is 0 Å². The largest absolute Gasteiger partial charge is 0.484 e. The van der Waals surface area contributed by atoms with Gasteiger partial charge in [0.05, 0.1) is 0 Å². The Bertz CT molecular complexity index is 631. The van der Waals surface area contributed by atoms with Crippen LogP contribution in [0.15, 0.2) is 46.9 Å². The molecular formula is C15H13BrINO2. The molecule has 0 saturated carbocycles. The molecule has 2 rings (SSSR count). The lowest BCUT2D eigenvalue weighted by molar-refractivity contribution is -0.118. The van der Waals surface area contributed by atoms with Gasteiger partial charge < -0.3 is 10.1 Å². The third-order valence-corrected chi connectivity index (χ3v) is 4.17. The van der Waals surface area contributed by atoms with Gasteiger partial charge in [0.15, 0.2) is 6.61 Å². The Morgan fingerprint density at radius 3 is 2.80 bits per heavy atom. The standard InChI is InChI=1S/C15H13BrINO2/c1-10-7-13(5-6-14(10)16)20-9-15(19)18-12-4-2-3-11(17)8-12/h2-8H,9H2,1H3,(H,18,19). The SMILES string of the molecule is Cc1cc(OCC(=O)Nc2cccc(I)c2)ccc1Br. The molecule has 0 spiro atoms. The molecule has 0 saturated heterocycles. The Morgan fingerprint density at radius 2 is 2.10 bits per heavy atom. The van der Waals surface area contributed by atoms with Crippen molar-refractivity contribution in [3.05, 3.63) is 56.1 Å².